The first-order valence-electron chi connectivity index (χ1n) is 12.1. The summed E-state index contributed by atoms with van der Waals surface area (Å²) in [6, 6.07) is 6.03. The highest BCUT2D eigenvalue weighted by Crippen LogP contribution is 2.34. The fourth-order valence-corrected chi connectivity index (χ4v) is 3.52. The number of carbonyl (C=O) groups is 2. The van der Waals surface area contributed by atoms with Crippen molar-refractivity contribution in [2.24, 2.45) is 0 Å². The number of hydrogen-bond acceptors (Lipinski definition) is 4. The van der Waals surface area contributed by atoms with Crippen LogP contribution in [0.25, 0.3) is 0 Å². The molecule has 0 heterocycles. The molecule has 0 aliphatic rings. The van der Waals surface area contributed by atoms with Crippen molar-refractivity contribution in [2.45, 2.75) is 91.9 Å². The van der Waals surface area contributed by atoms with Gasteiger partial charge in [0.1, 0.15) is 5.75 Å². The van der Waals surface area contributed by atoms with Crippen LogP contribution in [0, 0.1) is 0 Å². The Morgan fingerprint density at radius 1 is 0.906 bits per heavy atom. The lowest BCUT2D eigenvalue weighted by atomic mass is 9.94. The maximum atomic E-state index is 12.5. The Morgan fingerprint density at radius 2 is 1.44 bits per heavy atom. The summed E-state index contributed by atoms with van der Waals surface area (Å²) in [4.78, 5) is 27.1. The van der Waals surface area contributed by atoms with E-state index in [1.54, 1.807) is 0 Å². The van der Waals surface area contributed by atoms with E-state index in [0.717, 1.165) is 30.8 Å². The molecule has 0 aromatic heterocycles. The average Bonchev–Trinajstić information content (AvgIpc) is 2.73. The van der Waals surface area contributed by atoms with E-state index in [1.807, 2.05) is 18.2 Å². The van der Waals surface area contributed by atoms with Crippen LogP contribution < -0.4 is 10.1 Å². The van der Waals surface area contributed by atoms with Crippen molar-refractivity contribution >= 4 is 24.3 Å². The first kappa shape index (κ1) is 30.4. The summed E-state index contributed by atoms with van der Waals surface area (Å²) in [5, 5.41) is 2.96. The molecular weight excluding hydrogens is 424 g/mol. The van der Waals surface area contributed by atoms with Crippen molar-refractivity contribution in [2.75, 3.05) is 26.2 Å². The Labute approximate surface area is 202 Å². The number of carbonyl (C=O) groups excluding carboxylic acids is 2. The van der Waals surface area contributed by atoms with E-state index in [0.29, 0.717) is 12.3 Å². The summed E-state index contributed by atoms with van der Waals surface area (Å²) in [6.07, 6.45) is 4.96. The van der Waals surface area contributed by atoms with Gasteiger partial charge in [0.15, 0.2) is 0 Å². The van der Waals surface area contributed by atoms with Gasteiger partial charge in [-0.25, -0.2) is 0 Å². The lowest BCUT2D eigenvalue weighted by Crippen LogP contribution is -2.36. The van der Waals surface area contributed by atoms with Gasteiger partial charge in [-0.05, 0) is 48.9 Å². The molecule has 5 nitrogen and oxygen atoms in total. The molecule has 0 saturated carbocycles. The second kappa shape index (κ2) is 17.0. The maximum Gasteiger partial charge on any atom is 0.311 e. The Kier molecular flexibility index (Phi) is 16.1. The summed E-state index contributed by atoms with van der Waals surface area (Å²) in [5.41, 5.74) is 2.06. The highest BCUT2D eigenvalue weighted by molar-refractivity contribution is 5.85. The zero-order chi connectivity index (χ0) is 23.2. The minimum atomic E-state index is -0.349. The number of para-hydroxylation sites is 1. The fraction of sp³-hybridized carbons (Fsp3) is 0.692. The number of unbranched alkanes of at least 4 members (excludes halogenated alkanes) is 2. The molecule has 6 heteroatoms. The summed E-state index contributed by atoms with van der Waals surface area (Å²) in [7, 11) is 0. The van der Waals surface area contributed by atoms with Crippen molar-refractivity contribution in [1.82, 2.24) is 10.2 Å². The normalized spacial score (nSPS) is 11.0. The highest BCUT2D eigenvalue weighted by Gasteiger charge is 2.18. The first-order valence-corrected chi connectivity index (χ1v) is 12.1. The number of hydrogen-bond donors (Lipinski definition) is 1. The summed E-state index contributed by atoms with van der Waals surface area (Å²) >= 11 is 0. The molecule has 0 unspecified atom stereocenters. The number of nitrogens with one attached hydrogen (secondary N) is 1. The predicted octanol–water partition coefficient (Wildman–Crippen LogP) is 6.06. The van der Waals surface area contributed by atoms with Gasteiger partial charge in [0.25, 0.3) is 0 Å². The van der Waals surface area contributed by atoms with E-state index >= 15 is 0 Å². The van der Waals surface area contributed by atoms with Gasteiger partial charge in [0.05, 0.1) is 6.42 Å². The second-order valence-electron chi connectivity index (χ2n) is 8.95. The van der Waals surface area contributed by atoms with Crippen LogP contribution in [0.2, 0.25) is 0 Å². The third-order valence-corrected chi connectivity index (χ3v) is 5.50. The largest absolute Gasteiger partial charge is 0.426 e. The molecule has 1 N–H and O–H groups in total. The maximum absolute atomic E-state index is 12.5. The number of ether oxygens (including phenoxy) is 1. The molecule has 0 fully saturated rings. The van der Waals surface area contributed by atoms with Gasteiger partial charge in [0, 0.05) is 19.5 Å². The Morgan fingerprint density at radius 3 is 1.91 bits per heavy atom. The van der Waals surface area contributed by atoms with Crippen molar-refractivity contribution in [3.05, 3.63) is 29.3 Å². The van der Waals surface area contributed by atoms with Crippen LogP contribution in [0.4, 0.5) is 0 Å². The van der Waals surface area contributed by atoms with E-state index < -0.39 is 0 Å². The van der Waals surface area contributed by atoms with Gasteiger partial charge in [-0.2, -0.15) is 0 Å². The highest BCUT2D eigenvalue weighted by atomic mass is 35.5. The molecule has 0 aliphatic heterocycles. The lowest BCUT2D eigenvalue weighted by Gasteiger charge is -2.22. The minimum absolute atomic E-state index is 0. The van der Waals surface area contributed by atoms with E-state index in [9.17, 15) is 9.59 Å². The summed E-state index contributed by atoms with van der Waals surface area (Å²) in [5.74, 6) is 0.739. The minimum Gasteiger partial charge on any atom is -0.426 e. The first-order chi connectivity index (χ1) is 14.8. The molecule has 1 aromatic carbocycles. The second-order valence-corrected chi connectivity index (χ2v) is 8.95. The van der Waals surface area contributed by atoms with Gasteiger partial charge in [0.2, 0.25) is 5.91 Å². The fourth-order valence-electron chi connectivity index (χ4n) is 3.52. The van der Waals surface area contributed by atoms with Crippen molar-refractivity contribution in [1.29, 1.82) is 0 Å². The Balaban J connectivity index is 0.00000961. The van der Waals surface area contributed by atoms with E-state index in [1.165, 1.54) is 25.7 Å². The van der Waals surface area contributed by atoms with Gasteiger partial charge in [-0.1, -0.05) is 72.6 Å². The molecule has 0 radical (unpaired) electrons. The zero-order valence-corrected chi connectivity index (χ0v) is 21.9. The molecule has 0 aliphatic carbocycles. The molecule has 0 spiro atoms. The molecule has 1 amide bonds. The van der Waals surface area contributed by atoms with Gasteiger partial charge in [-0.3, -0.25) is 9.59 Å². The van der Waals surface area contributed by atoms with E-state index in [2.05, 4.69) is 51.8 Å². The number of esters is 1. The number of benzene rings is 1. The molecule has 1 rings (SSSR count). The number of halogens is 1. The summed E-state index contributed by atoms with van der Waals surface area (Å²) in [6.45, 7) is 16.4. The van der Waals surface area contributed by atoms with Crippen LogP contribution in [0.3, 0.4) is 0 Å². The van der Waals surface area contributed by atoms with Crippen molar-refractivity contribution < 1.29 is 14.3 Å². The van der Waals surface area contributed by atoms with Crippen molar-refractivity contribution in [3.63, 3.8) is 0 Å². The van der Waals surface area contributed by atoms with E-state index in [4.69, 9.17) is 4.74 Å². The molecule has 0 atom stereocenters. The standard InChI is InChI=1S/C26H44N2O3.ClH/c1-7-9-17-28(18-10-8-2)19-16-27-24(29)14-15-25(30)31-26-22(20(3)4)12-11-13-23(26)21(5)6;/h11-13,20-21H,7-10,14-19H2,1-6H3,(H,27,29);1H. The van der Waals surface area contributed by atoms with Crippen LogP contribution in [0.5, 0.6) is 5.75 Å². The third kappa shape index (κ3) is 11.3. The molecule has 184 valence electrons. The van der Waals surface area contributed by atoms with Crippen molar-refractivity contribution in [3.8, 4) is 5.75 Å². The molecule has 0 bridgehead atoms. The van der Waals surface area contributed by atoms with Gasteiger partial charge in [-0.15, -0.1) is 12.4 Å². The van der Waals surface area contributed by atoms with Gasteiger partial charge >= 0.3 is 5.97 Å². The van der Waals surface area contributed by atoms with Crippen LogP contribution in [0.15, 0.2) is 18.2 Å². The smallest absolute Gasteiger partial charge is 0.311 e. The van der Waals surface area contributed by atoms with Crippen LogP contribution >= 0.6 is 12.4 Å². The van der Waals surface area contributed by atoms with Crippen LogP contribution in [0.1, 0.15) is 103 Å². The third-order valence-electron chi connectivity index (χ3n) is 5.50. The number of amides is 1. The topological polar surface area (TPSA) is 58.6 Å². The molecule has 1 aromatic rings. The Hall–Kier alpha value is -1.59. The summed E-state index contributed by atoms with van der Waals surface area (Å²) < 4.78 is 5.75. The van der Waals surface area contributed by atoms with E-state index in [-0.39, 0.29) is 49.0 Å². The Bertz CT molecular complexity index is 643. The quantitative estimate of drug-likeness (QED) is 0.251. The molecular formula is C26H45ClN2O3. The lowest BCUT2D eigenvalue weighted by molar-refractivity contribution is -0.136. The molecule has 32 heavy (non-hydrogen) atoms. The SMILES string of the molecule is CCCCN(CCCC)CCNC(=O)CCC(=O)Oc1c(C(C)C)cccc1C(C)C.Cl. The monoisotopic (exact) mass is 468 g/mol. The molecule has 0 saturated heterocycles. The van der Waals surface area contributed by atoms with Gasteiger partial charge < -0.3 is 15.0 Å². The van der Waals surface area contributed by atoms with Crippen LogP contribution in [-0.2, 0) is 9.59 Å². The predicted molar refractivity (Wildman–Crippen MR) is 136 cm³/mol. The average molecular weight is 469 g/mol. The number of rotatable bonds is 15. The van der Waals surface area contributed by atoms with Crippen LogP contribution in [-0.4, -0.2) is 43.0 Å². The number of nitrogens with zero attached hydrogens (tertiary/aromatic N) is 1. The zero-order valence-electron chi connectivity index (χ0n) is 21.0.